The van der Waals surface area contributed by atoms with Crippen LogP contribution in [-0.4, -0.2) is 12.6 Å². The van der Waals surface area contributed by atoms with Gasteiger partial charge in [0.25, 0.3) is 0 Å². The van der Waals surface area contributed by atoms with Gasteiger partial charge in [0, 0.05) is 17.6 Å². The Labute approximate surface area is 105 Å². The lowest BCUT2D eigenvalue weighted by Crippen LogP contribution is -2.26. The quantitative estimate of drug-likeness (QED) is 0.810. The molecule has 0 aliphatic heterocycles. The highest BCUT2D eigenvalue weighted by molar-refractivity contribution is 5.35. The Hall–Kier alpha value is -1.02. The van der Waals surface area contributed by atoms with Crippen LogP contribution in [-0.2, 0) is 0 Å². The molecule has 1 aromatic rings. The number of para-hydroxylation sites is 1. The smallest absolute Gasteiger partial charge is 0.124 e. The van der Waals surface area contributed by atoms with Crippen LogP contribution in [0.2, 0.25) is 0 Å². The lowest BCUT2D eigenvalue weighted by molar-refractivity contribution is 0.266. The van der Waals surface area contributed by atoms with Crippen molar-refractivity contribution in [3.05, 3.63) is 29.8 Å². The number of nitrogens with one attached hydrogen (secondary N) is 1. The molecule has 17 heavy (non-hydrogen) atoms. The minimum Gasteiger partial charge on any atom is -0.493 e. The molecule has 0 aliphatic carbocycles. The maximum absolute atomic E-state index is 5.86. The summed E-state index contributed by atoms with van der Waals surface area (Å²) in [4.78, 5) is 0. The second kappa shape index (κ2) is 6.65. The molecule has 1 atom stereocenters. The molecule has 0 radical (unpaired) electrons. The first-order valence-electron chi connectivity index (χ1n) is 6.48. The van der Waals surface area contributed by atoms with Crippen molar-refractivity contribution in [2.45, 2.75) is 46.7 Å². The summed E-state index contributed by atoms with van der Waals surface area (Å²) in [7, 11) is 0. The molecular formula is C15H25NO. The molecule has 0 aliphatic rings. The van der Waals surface area contributed by atoms with Gasteiger partial charge in [-0.1, -0.05) is 45.9 Å². The van der Waals surface area contributed by atoms with Crippen molar-refractivity contribution in [1.82, 2.24) is 5.32 Å². The third kappa shape index (κ3) is 4.78. The van der Waals surface area contributed by atoms with Crippen molar-refractivity contribution < 1.29 is 4.74 Å². The second-order valence-corrected chi connectivity index (χ2v) is 5.29. The fraction of sp³-hybridized carbons (Fsp3) is 0.600. The van der Waals surface area contributed by atoms with Crippen molar-refractivity contribution in [3.8, 4) is 5.75 Å². The zero-order valence-corrected chi connectivity index (χ0v) is 11.7. The van der Waals surface area contributed by atoms with Crippen molar-refractivity contribution in [2.24, 2.45) is 5.92 Å². The molecule has 96 valence electrons. The van der Waals surface area contributed by atoms with Crippen LogP contribution in [0, 0.1) is 5.92 Å². The Balaban J connectivity index is 2.76. The van der Waals surface area contributed by atoms with Crippen LogP contribution in [0.4, 0.5) is 0 Å². The molecule has 0 heterocycles. The van der Waals surface area contributed by atoms with Crippen LogP contribution < -0.4 is 10.1 Å². The predicted octanol–water partition coefficient (Wildman–Crippen LogP) is 3.78. The summed E-state index contributed by atoms with van der Waals surface area (Å²) in [5, 5.41) is 3.51. The minimum atomic E-state index is 0.318. The number of rotatable bonds is 6. The molecular weight excluding hydrogens is 210 g/mol. The highest BCUT2D eigenvalue weighted by Gasteiger charge is 2.12. The Morgan fingerprint density at radius 1 is 1.06 bits per heavy atom. The molecule has 0 bridgehead atoms. The summed E-state index contributed by atoms with van der Waals surface area (Å²) in [6.07, 6.45) is 0. The average Bonchev–Trinajstić information content (AvgIpc) is 2.25. The molecule has 0 fully saturated rings. The minimum absolute atomic E-state index is 0.318. The average molecular weight is 235 g/mol. The maximum Gasteiger partial charge on any atom is 0.124 e. The monoisotopic (exact) mass is 235 g/mol. The predicted molar refractivity (Wildman–Crippen MR) is 73.5 cm³/mol. The van der Waals surface area contributed by atoms with Crippen molar-refractivity contribution >= 4 is 0 Å². The van der Waals surface area contributed by atoms with E-state index in [1.165, 1.54) is 5.56 Å². The van der Waals surface area contributed by atoms with E-state index < -0.39 is 0 Å². The first-order chi connectivity index (χ1) is 8.00. The first-order valence-corrected chi connectivity index (χ1v) is 6.48. The summed E-state index contributed by atoms with van der Waals surface area (Å²) >= 11 is 0. The van der Waals surface area contributed by atoms with E-state index in [9.17, 15) is 0 Å². The van der Waals surface area contributed by atoms with Crippen LogP contribution in [0.5, 0.6) is 5.75 Å². The van der Waals surface area contributed by atoms with Gasteiger partial charge in [0.2, 0.25) is 0 Å². The SMILES string of the molecule is CC(C)COc1ccccc1[C@H](C)NC(C)C. The number of benzene rings is 1. The van der Waals surface area contributed by atoms with E-state index in [-0.39, 0.29) is 0 Å². The summed E-state index contributed by atoms with van der Waals surface area (Å²) in [6.45, 7) is 11.6. The van der Waals surface area contributed by atoms with Crippen LogP contribution in [0.1, 0.15) is 46.2 Å². The van der Waals surface area contributed by atoms with E-state index in [1.54, 1.807) is 0 Å². The van der Waals surface area contributed by atoms with E-state index in [4.69, 9.17) is 4.74 Å². The van der Waals surface area contributed by atoms with Crippen LogP contribution in [0.3, 0.4) is 0 Å². The van der Waals surface area contributed by atoms with Gasteiger partial charge in [0.1, 0.15) is 5.75 Å². The van der Waals surface area contributed by atoms with Gasteiger partial charge in [-0.05, 0) is 18.9 Å². The summed E-state index contributed by atoms with van der Waals surface area (Å²) in [5.74, 6) is 1.55. The second-order valence-electron chi connectivity index (χ2n) is 5.29. The summed E-state index contributed by atoms with van der Waals surface area (Å²) < 4.78 is 5.86. The van der Waals surface area contributed by atoms with Gasteiger partial charge in [-0.15, -0.1) is 0 Å². The molecule has 0 spiro atoms. The lowest BCUT2D eigenvalue weighted by Gasteiger charge is -2.20. The molecule has 0 amide bonds. The topological polar surface area (TPSA) is 21.3 Å². The molecule has 0 aromatic heterocycles. The highest BCUT2D eigenvalue weighted by Crippen LogP contribution is 2.25. The maximum atomic E-state index is 5.86. The van der Waals surface area contributed by atoms with Gasteiger partial charge in [0.15, 0.2) is 0 Å². The Bertz CT molecular complexity index is 333. The third-order valence-electron chi connectivity index (χ3n) is 2.54. The van der Waals surface area contributed by atoms with Crippen LogP contribution in [0.15, 0.2) is 24.3 Å². The Kier molecular flexibility index (Phi) is 5.49. The van der Waals surface area contributed by atoms with Crippen molar-refractivity contribution in [1.29, 1.82) is 0 Å². The standard InChI is InChI=1S/C15H25NO/c1-11(2)10-17-15-9-7-6-8-14(15)13(5)16-12(3)4/h6-9,11-13,16H,10H2,1-5H3/t13-/m0/s1. The lowest BCUT2D eigenvalue weighted by atomic mass is 10.1. The fourth-order valence-electron chi connectivity index (χ4n) is 1.82. The Morgan fingerprint density at radius 3 is 2.29 bits per heavy atom. The summed E-state index contributed by atoms with van der Waals surface area (Å²) in [6, 6.07) is 9.07. The molecule has 1 aromatic carbocycles. The normalized spacial score (nSPS) is 13.1. The largest absolute Gasteiger partial charge is 0.493 e. The number of hydrogen-bond donors (Lipinski definition) is 1. The molecule has 2 nitrogen and oxygen atoms in total. The van der Waals surface area contributed by atoms with Gasteiger partial charge in [-0.3, -0.25) is 0 Å². The number of hydrogen-bond acceptors (Lipinski definition) is 2. The fourth-order valence-corrected chi connectivity index (χ4v) is 1.82. The first kappa shape index (κ1) is 14.0. The molecule has 0 unspecified atom stereocenters. The van der Waals surface area contributed by atoms with Gasteiger partial charge in [0.05, 0.1) is 6.61 Å². The van der Waals surface area contributed by atoms with E-state index in [0.717, 1.165) is 12.4 Å². The summed E-state index contributed by atoms with van der Waals surface area (Å²) in [5.41, 5.74) is 1.24. The molecule has 0 saturated carbocycles. The van der Waals surface area contributed by atoms with Crippen molar-refractivity contribution in [3.63, 3.8) is 0 Å². The van der Waals surface area contributed by atoms with E-state index in [1.807, 2.05) is 6.07 Å². The van der Waals surface area contributed by atoms with Gasteiger partial charge in [-0.2, -0.15) is 0 Å². The van der Waals surface area contributed by atoms with Crippen LogP contribution >= 0.6 is 0 Å². The zero-order chi connectivity index (χ0) is 12.8. The Morgan fingerprint density at radius 2 is 1.71 bits per heavy atom. The van der Waals surface area contributed by atoms with Gasteiger partial charge >= 0.3 is 0 Å². The van der Waals surface area contributed by atoms with E-state index in [0.29, 0.717) is 18.0 Å². The van der Waals surface area contributed by atoms with E-state index in [2.05, 4.69) is 58.1 Å². The van der Waals surface area contributed by atoms with Gasteiger partial charge in [-0.25, -0.2) is 0 Å². The van der Waals surface area contributed by atoms with Crippen LogP contribution in [0.25, 0.3) is 0 Å². The molecule has 2 heteroatoms. The third-order valence-corrected chi connectivity index (χ3v) is 2.54. The van der Waals surface area contributed by atoms with E-state index >= 15 is 0 Å². The number of ether oxygens (including phenoxy) is 1. The molecule has 1 N–H and O–H groups in total. The highest BCUT2D eigenvalue weighted by atomic mass is 16.5. The molecule has 0 saturated heterocycles. The molecule has 1 rings (SSSR count). The van der Waals surface area contributed by atoms with Gasteiger partial charge < -0.3 is 10.1 Å². The zero-order valence-electron chi connectivity index (χ0n) is 11.7. The van der Waals surface area contributed by atoms with Crippen molar-refractivity contribution in [2.75, 3.05) is 6.61 Å².